The summed E-state index contributed by atoms with van der Waals surface area (Å²) >= 11 is 0. The lowest BCUT2D eigenvalue weighted by Gasteiger charge is -2.20. The van der Waals surface area contributed by atoms with Crippen LogP contribution < -0.4 is 14.1 Å². The van der Waals surface area contributed by atoms with E-state index in [1.807, 2.05) is 24.3 Å². The number of methoxy groups -OCH3 is 1. The Kier molecular flexibility index (Phi) is 5.15. The summed E-state index contributed by atoms with van der Waals surface area (Å²) in [4.78, 5) is 12.0. The summed E-state index contributed by atoms with van der Waals surface area (Å²) in [5.74, 6) is 0.654. The van der Waals surface area contributed by atoms with E-state index in [1.54, 1.807) is 19.2 Å². The zero-order valence-electron chi connectivity index (χ0n) is 14.8. The first-order valence-electron chi connectivity index (χ1n) is 8.10. The first kappa shape index (κ1) is 18.9. The highest BCUT2D eigenvalue weighted by Gasteiger charge is 2.31. The van der Waals surface area contributed by atoms with Gasteiger partial charge in [-0.1, -0.05) is 12.1 Å². The van der Waals surface area contributed by atoms with Crippen molar-refractivity contribution in [1.82, 2.24) is 5.01 Å². The van der Waals surface area contributed by atoms with Gasteiger partial charge in [0.05, 0.1) is 18.9 Å². The van der Waals surface area contributed by atoms with Gasteiger partial charge in [0.25, 0.3) is 0 Å². The molecule has 0 saturated carbocycles. The maximum absolute atomic E-state index is 12.0. The fourth-order valence-corrected chi connectivity index (χ4v) is 3.28. The molecule has 0 aromatic heterocycles. The molecule has 2 aromatic carbocycles. The molecule has 27 heavy (non-hydrogen) atoms. The van der Waals surface area contributed by atoms with E-state index in [0.717, 1.165) is 22.6 Å². The Morgan fingerprint density at radius 3 is 2.22 bits per heavy atom. The van der Waals surface area contributed by atoms with Crippen LogP contribution in [0.3, 0.4) is 0 Å². The molecule has 2 N–H and O–H groups in total. The maximum Gasteiger partial charge on any atom is 0.380 e. The molecular formula is C18H19N3O5S. The summed E-state index contributed by atoms with van der Waals surface area (Å²) in [5.41, 5.74) is 2.49. The highest BCUT2D eigenvalue weighted by atomic mass is 32.2. The smallest absolute Gasteiger partial charge is 0.380 e. The van der Waals surface area contributed by atoms with E-state index < -0.39 is 10.3 Å². The Morgan fingerprint density at radius 1 is 1.11 bits per heavy atom. The van der Waals surface area contributed by atoms with Gasteiger partial charge in [0, 0.05) is 13.3 Å². The molecule has 9 heteroatoms. The molecule has 0 aliphatic carbocycles. The molecule has 1 aliphatic rings. The predicted octanol–water partition coefficient (Wildman–Crippen LogP) is 1.98. The van der Waals surface area contributed by atoms with Gasteiger partial charge in [-0.25, -0.2) is 5.01 Å². The fourth-order valence-electron chi connectivity index (χ4n) is 2.90. The Hall–Kier alpha value is -2.91. The van der Waals surface area contributed by atoms with Gasteiger partial charge in [-0.05, 0) is 47.5 Å². The topological polar surface area (TPSA) is 111 Å². The molecular weight excluding hydrogens is 370 g/mol. The SMILES string of the molecule is COc1ccc(C2=NN(C(C)=O)C(c3ccc(OS(N)(=O)=O)cc3)C2)cc1. The summed E-state index contributed by atoms with van der Waals surface area (Å²) in [6.07, 6.45) is 0.529. The second-order valence-electron chi connectivity index (χ2n) is 6.00. The molecule has 1 unspecified atom stereocenters. The molecule has 1 amide bonds. The zero-order chi connectivity index (χ0) is 19.6. The number of amides is 1. The Bertz CT molecular complexity index is 969. The molecule has 2 aromatic rings. The van der Waals surface area contributed by atoms with Gasteiger partial charge in [0.1, 0.15) is 11.5 Å². The van der Waals surface area contributed by atoms with E-state index in [0.29, 0.717) is 6.42 Å². The second kappa shape index (κ2) is 7.37. The molecule has 0 bridgehead atoms. The normalized spacial score (nSPS) is 16.8. The Morgan fingerprint density at radius 2 is 1.70 bits per heavy atom. The van der Waals surface area contributed by atoms with Gasteiger partial charge in [-0.15, -0.1) is 0 Å². The van der Waals surface area contributed by atoms with Crippen molar-refractivity contribution >= 4 is 21.9 Å². The highest BCUT2D eigenvalue weighted by Crippen LogP contribution is 2.33. The summed E-state index contributed by atoms with van der Waals surface area (Å²) in [5, 5.41) is 10.8. The molecule has 142 valence electrons. The minimum atomic E-state index is -4.08. The zero-order valence-corrected chi connectivity index (χ0v) is 15.6. The number of nitrogens with zero attached hydrogens (tertiary/aromatic N) is 2. The van der Waals surface area contributed by atoms with E-state index >= 15 is 0 Å². The first-order valence-corrected chi connectivity index (χ1v) is 9.58. The van der Waals surface area contributed by atoms with Crippen molar-refractivity contribution in [3.8, 4) is 11.5 Å². The predicted molar refractivity (Wildman–Crippen MR) is 99.6 cm³/mol. The molecule has 8 nitrogen and oxygen atoms in total. The minimum absolute atomic E-state index is 0.102. The number of nitrogens with two attached hydrogens (primary N) is 1. The second-order valence-corrected chi connectivity index (χ2v) is 7.16. The van der Waals surface area contributed by atoms with E-state index in [-0.39, 0.29) is 17.7 Å². The molecule has 1 atom stereocenters. The van der Waals surface area contributed by atoms with Crippen LogP contribution in [0.15, 0.2) is 53.6 Å². The Labute approximate surface area is 157 Å². The third-order valence-corrected chi connectivity index (χ3v) is 4.56. The molecule has 1 heterocycles. The fraction of sp³-hybridized carbons (Fsp3) is 0.222. The van der Waals surface area contributed by atoms with E-state index in [9.17, 15) is 13.2 Å². The molecule has 0 fully saturated rings. The third kappa shape index (κ3) is 4.44. The highest BCUT2D eigenvalue weighted by molar-refractivity contribution is 7.84. The summed E-state index contributed by atoms with van der Waals surface area (Å²) in [7, 11) is -2.49. The standard InChI is InChI=1S/C18H19N3O5S/c1-12(22)21-18(14-5-9-16(10-6-14)26-27(19,23)24)11-17(20-21)13-3-7-15(25-2)8-4-13/h3-10,18H,11H2,1-2H3,(H2,19,23,24). The van der Waals surface area contributed by atoms with Gasteiger partial charge in [-0.3, -0.25) is 4.79 Å². The number of hydrogen-bond donors (Lipinski definition) is 1. The van der Waals surface area contributed by atoms with Crippen molar-refractivity contribution in [2.75, 3.05) is 7.11 Å². The van der Waals surface area contributed by atoms with E-state index in [4.69, 9.17) is 9.88 Å². The maximum atomic E-state index is 12.0. The molecule has 0 radical (unpaired) electrons. The largest absolute Gasteiger partial charge is 0.497 e. The average molecular weight is 389 g/mol. The van der Waals surface area contributed by atoms with E-state index in [1.165, 1.54) is 24.1 Å². The Balaban J connectivity index is 1.84. The van der Waals surface area contributed by atoms with Gasteiger partial charge >= 0.3 is 10.3 Å². The van der Waals surface area contributed by atoms with E-state index in [2.05, 4.69) is 9.28 Å². The molecule has 3 rings (SSSR count). The molecule has 1 aliphatic heterocycles. The van der Waals surface area contributed by atoms with Gasteiger partial charge in [-0.2, -0.15) is 18.7 Å². The van der Waals surface area contributed by atoms with Gasteiger partial charge < -0.3 is 8.92 Å². The number of carbonyl (C=O) groups excluding carboxylic acids is 1. The lowest BCUT2D eigenvalue weighted by molar-refractivity contribution is -0.130. The van der Waals surface area contributed by atoms with Crippen molar-refractivity contribution in [2.45, 2.75) is 19.4 Å². The summed E-state index contributed by atoms with van der Waals surface area (Å²) in [6.45, 7) is 1.45. The number of hydrazone groups is 1. The molecule has 0 saturated heterocycles. The minimum Gasteiger partial charge on any atom is -0.497 e. The van der Waals surface area contributed by atoms with Crippen LogP contribution >= 0.6 is 0 Å². The number of benzene rings is 2. The van der Waals surface area contributed by atoms with Crippen LogP contribution in [0.2, 0.25) is 0 Å². The number of carbonyl (C=O) groups is 1. The van der Waals surface area contributed by atoms with Crippen molar-refractivity contribution in [3.05, 3.63) is 59.7 Å². The van der Waals surface area contributed by atoms with Gasteiger partial charge in [0.2, 0.25) is 5.91 Å². The third-order valence-electron chi connectivity index (χ3n) is 4.13. The van der Waals surface area contributed by atoms with Crippen molar-refractivity contribution in [1.29, 1.82) is 0 Å². The number of ether oxygens (including phenoxy) is 1. The summed E-state index contributed by atoms with van der Waals surface area (Å²) in [6, 6.07) is 13.5. The van der Waals surface area contributed by atoms with Crippen LogP contribution in [0, 0.1) is 0 Å². The van der Waals surface area contributed by atoms with Crippen LogP contribution in [0.5, 0.6) is 11.5 Å². The van der Waals surface area contributed by atoms with Gasteiger partial charge in [0.15, 0.2) is 0 Å². The van der Waals surface area contributed by atoms with Crippen LogP contribution in [0.4, 0.5) is 0 Å². The average Bonchev–Trinajstić information content (AvgIpc) is 3.07. The summed E-state index contributed by atoms with van der Waals surface area (Å²) < 4.78 is 31.8. The number of rotatable bonds is 5. The van der Waals surface area contributed by atoms with Crippen molar-refractivity contribution in [2.24, 2.45) is 10.2 Å². The lowest BCUT2D eigenvalue weighted by atomic mass is 9.98. The monoisotopic (exact) mass is 389 g/mol. The van der Waals surface area contributed by atoms with Crippen molar-refractivity contribution < 1.29 is 22.1 Å². The van der Waals surface area contributed by atoms with Crippen LogP contribution in [-0.4, -0.2) is 32.2 Å². The molecule has 0 spiro atoms. The first-order chi connectivity index (χ1) is 12.8. The van der Waals surface area contributed by atoms with Crippen LogP contribution in [-0.2, 0) is 15.1 Å². The van der Waals surface area contributed by atoms with Crippen molar-refractivity contribution in [3.63, 3.8) is 0 Å². The van der Waals surface area contributed by atoms with Crippen LogP contribution in [0.1, 0.15) is 30.5 Å². The lowest BCUT2D eigenvalue weighted by Crippen LogP contribution is -2.24. The quantitative estimate of drug-likeness (QED) is 0.840. The number of hydrogen-bond acceptors (Lipinski definition) is 6. The van der Waals surface area contributed by atoms with Crippen LogP contribution in [0.25, 0.3) is 0 Å².